The van der Waals surface area contributed by atoms with Crippen LogP contribution in [0.25, 0.3) is 0 Å². The van der Waals surface area contributed by atoms with E-state index in [1.165, 1.54) is 0 Å². The zero-order chi connectivity index (χ0) is 13.5. The maximum Gasteiger partial charge on any atom is 0.250 e. The van der Waals surface area contributed by atoms with Crippen LogP contribution in [-0.2, 0) is 9.53 Å². The number of ether oxygens (including phenoxy) is 1. The minimum absolute atomic E-state index is 0.00494. The Hall–Kier alpha value is -0.650. The first kappa shape index (κ1) is 15.4. The number of rotatable bonds is 6. The predicted molar refractivity (Wildman–Crippen MR) is 72.6 cm³/mol. The Labute approximate surface area is 110 Å². The summed E-state index contributed by atoms with van der Waals surface area (Å²) in [6.45, 7) is 12.3. The summed E-state index contributed by atoms with van der Waals surface area (Å²) < 4.78 is 5.40. The van der Waals surface area contributed by atoms with E-state index in [2.05, 4.69) is 43.2 Å². The molecule has 0 saturated carbocycles. The molecule has 0 spiro atoms. The number of amides is 1. The molecule has 0 aromatic rings. The Kier molecular flexibility index (Phi) is 6.60. The average molecular weight is 257 g/mol. The lowest BCUT2D eigenvalue weighted by atomic mass is 10.2. The van der Waals surface area contributed by atoms with Gasteiger partial charge in [0.25, 0.3) is 5.91 Å². The second-order valence-corrected chi connectivity index (χ2v) is 5.28. The first-order valence-corrected chi connectivity index (χ1v) is 6.88. The van der Waals surface area contributed by atoms with Crippen LogP contribution in [0.4, 0.5) is 0 Å². The summed E-state index contributed by atoms with van der Waals surface area (Å²) in [6, 6.07) is 0.990. The number of carbonyl (C=O) groups is 1. The van der Waals surface area contributed by atoms with Crippen LogP contribution < -0.4 is 10.6 Å². The molecule has 18 heavy (non-hydrogen) atoms. The van der Waals surface area contributed by atoms with Crippen molar-refractivity contribution in [3.05, 3.63) is 0 Å². The summed E-state index contributed by atoms with van der Waals surface area (Å²) in [7, 11) is 0. The minimum atomic E-state index is -0.328. The van der Waals surface area contributed by atoms with Gasteiger partial charge in [0.1, 0.15) is 6.10 Å². The third kappa shape index (κ3) is 4.92. The van der Waals surface area contributed by atoms with E-state index in [0.29, 0.717) is 31.8 Å². The standard InChI is InChI=1S/C13H27N3O2/c1-10(2)16(11(3)4)7-5-15-13(17)12-9-14-6-8-18-12/h10-12,14H,5-9H2,1-4H3,(H,15,17)/t12-/m1/s1. The zero-order valence-electron chi connectivity index (χ0n) is 12.0. The van der Waals surface area contributed by atoms with E-state index < -0.39 is 0 Å². The van der Waals surface area contributed by atoms with E-state index in [0.717, 1.165) is 13.1 Å². The second-order valence-electron chi connectivity index (χ2n) is 5.28. The third-order valence-corrected chi connectivity index (χ3v) is 3.22. The van der Waals surface area contributed by atoms with Crippen molar-refractivity contribution in [3.8, 4) is 0 Å². The van der Waals surface area contributed by atoms with Crippen LogP contribution in [0.1, 0.15) is 27.7 Å². The van der Waals surface area contributed by atoms with Gasteiger partial charge in [-0.05, 0) is 27.7 Å². The van der Waals surface area contributed by atoms with E-state index >= 15 is 0 Å². The molecule has 5 heteroatoms. The Bertz CT molecular complexity index is 243. The topological polar surface area (TPSA) is 53.6 Å². The highest BCUT2D eigenvalue weighted by molar-refractivity contribution is 5.81. The summed E-state index contributed by atoms with van der Waals surface area (Å²) in [5.41, 5.74) is 0. The summed E-state index contributed by atoms with van der Waals surface area (Å²) in [4.78, 5) is 14.2. The van der Waals surface area contributed by atoms with Crippen LogP contribution in [0.15, 0.2) is 0 Å². The van der Waals surface area contributed by atoms with Crippen LogP contribution in [0.3, 0.4) is 0 Å². The molecule has 2 N–H and O–H groups in total. The van der Waals surface area contributed by atoms with E-state index in [4.69, 9.17) is 4.74 Å². The van der Waals surface area contributed by atoms with Crippen molar-refractivity contribution in [1.29, 1.82) is 0 Å². The van der Waals surface area contributed by atoms with Crippen LogP contribution in [-0.4, -0.2) is 61.8 Å². The molecule has 0 bridgehead atoms. The molecular weight excluding hydrogens is 230 g/mol. The lowest BCUT2D eigenvalue weighted by molar-refractivity contribution is -0.134. The van der Waals surface area contributed by atoms with Gasteiger partial charge >= 0.3 is 0 Å². The second kappa shape index (κ2) is 7.71. The van der Waals surface area contributed by atoms with Crippen molar-refractivity contribution in [2.24, 2.45) is 0 Å². The number of nitrogens with zero attached hydrogens (tertiary/aromatic N) is 1. The molecule has 1 amide bonds. The normalized spacial score (nSPS) is 20.7. The Morgan fingerprint density at radius 3 is 2.56 bits per heavy atom. The van der Waals surface area contributed by atoms with Crippen molar-refractivity contribution in [2.75, 3.05) is 32.8 Å². The molecule has 1 saturated heterocycles. The van der Waals surface area contributed by atoms with Gasteiger partial charge in [0, 0.05) is 38.3 Å². The van der Waals surface area contributed by atoms with Crippen molar-refractivity contribution in [2.45, 2.75) is 45.9 Å². The van der Waals surface area contributed by atoms with Gasteiger partial charge in [-0.1, -0.05) is 0 Å². The summed E-state index contributed by atoms with van der Waals surface area (Å²) >= 11 is 0. The first-order chi connectivity index (χ1) is 8.52. The van der Waals surface area contributed by atoms with Crippen LogP contribution >= 0.6 is 0 Å². The number of hydrogen-bond acceptors (Lipinski definition) is 4. The number of carbonyl (C=O) groups excluding carboxylic acids is 1. The van der Waals surface area contributed by atoms with Crippen molar-refractivity contribution < 1.29 is 9.53 Å². The number of nitrogens with one attached hydrogen (secondary N) is 2. The Balaban J connectivity index is 2.25. The predicted octanol–water partition coefficient (Wildman–Crippen LogP) is 0.210. The van der Waals surface area contributed by atoms with Gasteiger partial charge in [-0.15, -0.1) is 0 Å². The fourth-order valence-corrected chi connectivity index (χ4v) is 2.27. The zero-order valence-corrected chi connectivity index (χ0v) is 12.0. The smallest absolute Gasteiger partial charge is 0.250 e. The molecular formula is C13H27N3O2. The summed E-state index contributed by atoms with van der Waals surface area (Å²) in [5, 5.41) is 6.10. The van der Waals surface area contributed by atoms with E-state index in [1.54, 1.807) is 0 Å². The average Bonchev–Trinajstić information content (AvgIpc) is 2.34. The summed E-state index contributed by atoms with van der Waals surface area (Å²) in [6.07, 6.45) is -0.328. The fraction of sp³-hybridized carbons (Fsp3) is 0.923. The molecule has 0 aromatic heterocycles. The molecule has 0 unspecified atom stereocenters. The Morgan fingerprint density at radius 2 is 2.06 bits per heavy atom. The Morgan fingerprint density at radius 1 is 1.39 bits per heavy atom. The van der Waals surface area contributed by atoms with Gasteiger partial charge in [0.15, 0.2) is 0 Å². The number of morpholine rings is 1. The molecule has 0 aromatic carbocycles. The third-order valence-electron chi connectivity index (χ3n) is 3.22. The fourth-order valence-electron chi connectivity index (χ4n) is 2.27. The van der Waals surface area contributed by atoms with Gasteiger partial charge in [-0.3, -0.25) is 9.69 Å². The van der Waals surface area contributed by atoms with Crippen LogP contribution in [0, 0.1) is 0 Å². The molecule has 5 nitrogen and oxygen atoms in total. The molecule has 1 heterocycles. The molecule has 1 fully saturated rings. The van der Waals surface area contributed by atoms with E-state index in [9.17, 15) is 4.79 Å². The monoisotopic (exact) mass is 257 g/mol. The highest BCUT2D eigenvalue weighted by atomic mass is 16.5. The maximum absolute atomic E-state index is 11.8. The maximum atomic E-state index is 11.8. The van der Waals surface area contributed by atoms with E-state index in [-0.39, 0.29) is 12.0 Å². The minimum Gasteiger partial charge on any atom is -0.366 e. The van der Waals surface area contributed by atoms with Gasteiger partial charge in [-0.25, -0.2) is 0 Å². The molecule has 1 aliphatic rings. The molecule has 106 valence electrons. The first-order valence-electron chi connectivity index (χ1n) is 6.88. The highest BCUT2D eigenvalue weighted by Gasteiger charge is 2.21. The molecule has 0 radical (unpaired) electrons. The van der Waals surface area contributed by atoms with E-state index in [1.807, 2.05) is 0 Å². The van der Waals surface area contributed by atoms with Crippen molar-refractivity contribution >= 4 is 5.91 Å². The summed E-state index contributed by atoms with van der Waals surface area (Å²) in [5.74, 6) is -0.00494. The molecule has 0 aliphatic carbocycles. The van der Waals surface area contributed by atoms with Crippen molar-refractivity contribution in [3.63, 3.8) is 0 Å². The SMILES string of the molecule is CC(C)N(CCNC(=O)[C@H]1CNCCO1)C(C)C. The quantitative estimate of drug-likeness (QED) is 0.714. The van der Waals surface area contributed by atoms with Gasteiger partial charge < -0.3 is 15.4 Å². The van der Waals surface area contributed by atoms with Crippen molar-refractivity contribution in [1.82, 2.24) is 15.5 Å². The molecule has 1 rings (SSSR count). The van der Waals surface area contributed by atoms with Gasteiger partial charge in [0.05, 0.1) is 6.61 Å². The van der Waals surface area contributed by atoms with Gasteiger partial charge in [0.2, 0.25) is 0 Å². The molecule has 1 atom stereocenters. The molecule has 1 aliphatic heterocycles. The number of hydrogen-bond donors (Lipinski definition) is 2. The lowest BCUT2D eigenvalue weighted by Gasteiger charge is -2.31. The van der Waals surface area contributed by atoms with Crippen LogP contribution in [0.2, 0.25) is 0 Å². The van der Waals surface area contributed by atoms with Crippen LogP contribution in [0.5, 0.6) is 0 Å². The highest BCUT2D eigenvalue weighted by Crippen LogP contribution is 2.03. The largest absolute Gasteiger partial charge is 0.366 e. The van der Waals surface area contributed by atoms with Gasteiger partial charge in [-0.2, -0.15) is 0 Å². The lowest BCUT2D eigenvalue weighted by Crippen LogP contribution is -2.50.